The standard InChI is InChI=1S/2Fe.Ti.V. The Kier molecular flexibility index (Phi) is 152. The van der Waals surface area contributed by atoms with Gasteiger partial charge in [0.25, 0.3) is 0 Å². The first-order valence-corrected chi connectivity index (χ1v) is 0. The summed E-state index contributed by atoms with van der Waals surface area (Å²) in [5.74, 6) is 0. The molecule has 0 rings (SSSR count). The minimum absolute atomic E-state index is 0. The van der Waals surface area contributed by atoms with Crippen LogP contribution in [0.3, 0.4) is 0 Å². The third kappa shape index (κ3) is 8.84. The Morgan fingerprint density at radius 3 is 0.750 bits per heavy atom. The first kappa shape index (κ1) is 33.0. The van der Waals surface area contributed by atoms with Crippen molar-refractivity contribution in [3.05, 3.63) is 0 Å². The summed E-state index contributed by atoms with van der Waals surface area (Å²) >= 11 is 0. The van der Waals surface area contributed by atoms with Crippen molar-refractivity contribution in [3.63, 3.8) is 0 Å². The van der Waals surface area contributed by atoms with Crippen molar-refractivity contribution in [1.29, 1.82) is 0 Å². The van der Waals surface area contributed by atoms with Crippen molar-refractivity contribution in [2.75, 3.05) is 0 Å². The van der Waals surface area contributed by atoms with E-state index in [0.717, 1.165) is 0 Å². The molecule has 0 aliphatic carbocycles. The molecular formula is Fe2TiV. The maximum absolute atomic E-state index is 0. The third-order valence-electron chi connectivity index (χ3n) is 0. The van der Waals surface area contributed by atoms with Crippen LogP contribution in [0.25, 0.3) is 0 Å². The van der Waals surface area contributed by atoms with E-state index in [1.807, 2.05) is 0 Å². The maximum atomic E-state index is 0. The third-order valence-corrected chi connectivity index (χ3v) is 0. The average molecular weight is 211 g/mol. The van der Waals surface area contributed by atoms with Gasteiger partial charge >= 0.3 is 0 Å². The molecule has 0 saturated carbocycles. The topological polar surface area (TPSA) is 0 Å². The fourth-order valence-corrected chi connectivity index (χ4v) is 0. The van der Waals surface area contributed by atoms with Crippen LogP contribution in [0.2, 0.25) is 0 Å². The molecule has 0 amide bonds. The summed E-state index contributed by atoms with van der Waals surface area (Å²) < 4.78 is 0. The minimum atomic E-state index is 0. The quantitative estimate of drug-likeness (QED) is 0.494. The van der Waals surface area contributed by atoms with Gasteiger partial charge < -0.3 is 0 Å². The predicted octanol–water partition coefficient (Wildman–Crippen LogP) is -0.0100. The minimum Gasteiger partial charge on any atom is 0 e. The Bertz CT molecular complexity index is 6.00. The molecule has 0 unspecified atom stereocenters. The van der Waals surface area contributed by atoms with E-state index in [4.69, 9.17) is 0 Å². The van der Waals surface area contributed by atoms with Crippen molar-refractivity contribution in [2.45, 2.75) is 0 Å². The molecule has 1 radical (unpaired) electrons. The molecule has 0 N–H and O–H groups in total. The molecule has 0 heterocycles. The Morgan fingerprint density at radius 1 is 0.750 bits per heavy atom. The normalized spacial score (nSPS) is 0. The van der Waals surface area contributed by atoms with E-state index in [0.29, 0.717) is 0 Å². The van der Waals surface area contributed by atoms with E-state index in [1.54, 1.807) is 0 Å². The second-order valence-electron chi connectivity index (χ2n) is 0. The molecule has 0 atom stereocenters. The summed E-state index contributed by atoms with van der Waals surface area (Å²) in [5.41, 5.74) is 0. The second-order valence-corrected chi connectivity index (χ2v) is 0. The average Bonchev–Trinajstić information content (AvgIpc) is 0. The van der Waals surface area contributed by atoms with E-state index in [1.165, 1.54) is 0 Å². The smallest absolute Gasteiger partial charge is 0 e. The summed E-state index contributed by atoms with van der Waals surface area (Å²) in [6, 6.07) is 0. The Labute approximate surface area is 73.6 Å². The monoisotopic (exact) mass is 211 g/mol. The van der Waals surface area contributed by atoms with Gasteiger partial charge in [-0.2, -0.15) is 0 Å². The van der Waals surface area contributed by atoms with Gasteiger partial charge in [0.1, 0.15) is 0 Å². The summed E-state index contributed by atoms with van der Waals surface area (Å²) in [7, 11) is 0. The summed E-state index contributed by atoms with van der Waals surface area (Å²) in [4.78, 5) is 0. The molecule has 4 heavy (non-hydrogen) atoms. The van der Waals surface area contributed by atoms with Gasteiger partial charge in [0, 0.05) is 74.4 Å². The van der Waals surface area contributed by atoms with Crippen LogP contribution in [0.4, 0.5) is 0 Å². The second kappa shape index (κ2) is 18.4. The van der Waals surface area contributed by atoms with Crippen LogP contribution in [0.15, 0.2) is 0 Å². The van der Waals surface area contributed by atoms with E-state index in [9.17, 15) is 0 Å². The van der Waals surface area contributed by atoms with Crippen LogP contribution >= 0.6 is 0 Å². The number of hydrogen-bond donors (Lipinski definition) is 0. The largest absolute Gasteiger partial charge is 0 e. The maximum Gasteiger partial charge on any atom is 0 e. The van der Waals surface area contributed by atoms with Gasteiger partial charge in [0.2, 0.25) is 0 Å². The van der Waals surface area contributed by atoms with Crippen LogP contribution in [-0.2, 0) is 74.4 Å². The molecule has 0 aromatic carbocycles. The zero-order chi connectivity index (χ0) is 0. The molecule has 0 bridgehead atoms. The number of hydrogen-bond acceptors (Lipinski definition) is 0. The molecule has 4 heteroatoms. The van der Waals surface area contributed by atoms with Gasteiger partial charge in [-0.3, -0.25) is 0 Å². The Morgan fingerprint density at radius 2 is 0.750 bits per heavy atom. The van der Waals surface area contributed by atoms with Crippen molar-refractivity contribution in [1.82, 2.24) is 0 Å². The van der Waals surface area contributed by atoms with Gasteiger partial charge in [-0.25, -0.2) is 0 Å². The molecule has 0 aromatic heterocycles. The fourth-order valence-electron chi connectivity index (χ4n) is 0. The molecule has 0 spiro atoms. The fraction of sp³-hybridized carbons (Fsp3) is 0. The summed E-state index contributed by atoms with van der Waals surface area (Å²) in [6.07, 6.45) is 0. The zero-order valence-corrected chi connectivity index (χ0v) is 6.82. The van der Waals surface area contributed by atoms with E-state index in [-0.39, 0.29) is 74.4 Å². The predicted molar refractivity (Wildman–Crippen MR) is 0 cm³/mol. The first-order chi connectivity index (χ1) is 0. The van der Waals surface area contributed by atoms with Crippen molar-refractivity contribution in [2.24, 2.45) is 0 Å². The molecule has 25 valence electrons. The van der Waals surface area contributed by atoms with Gasteiger partial charge in [-0.1, -0.05) is 0 Å². The molecular weight excluding hydrogens is 211 g/mol. The molecule has 0 aromatic rings. The molecule has 0 aliphatic rings. The molecule has 0 saturated heterocycles. The van der Waals surface area contributed by atoms with Gasteiger partial charge in [-0.15, -0.1) is 0 Å². The van der Waals surface area contributed by atoms with Crippen LogP contribution in [0, 0.1) is 0 Å². The van der Waals surface area contributed by atoms with Crippen LogP contribution in [-0.4, -0.2) is 0 Å². The van der Waals surface area contributed by atoms with Crippen molar-refractivity contribution < 1.29 is 74.4 Å². The van der Waals surface area contributed by atoms with E-state index < -0.39 is 0 Å². The zero-order valence-electron chi connectivity index (χ0n) is 1.65. The summed E-state index contributed by atoms with van der Waals surface area (Å²) in [5, 5.41) is 0. The van der Waals surface area contributed by atoms with Crippen LogP contribution < -0.4 is 0 Å². The molecule has 0 aliphatic heterocycles. The Balaban J connectivity index is 0. The van der Waals surface area contributed by atoms with Gasteiger partial charge in [0.05, 0.1) is 0 Å². The van der Waals surface area contributed by atoms with E-state index >= 15 is 0 Å². The van der Waals surface area contributed by atoms with Crippen molar-refractivity contribution in [3.8, 4) is 0 Å². The number of rotatable bonds is 0. The SMILES string of the molecule is [Fe].[Fe].[Ti].[V]. The van der Waals surface area contributed by atoms with Gasteiger partial charge in [0.15, 0.2) is 0 Å². The molecule has 0 fully saturated rings. The van der Waals surface area contributed by atoms with E-state index in [2.05, 4.69) is 0 Å². The van der Waals surface area contributed by atoms with Gasteiger partial charge in [-0.05, 0) is 0 Å². The van der Waals surface area contributed by atoms with Crippen LogP contribution in [0.5, 0.6) is 0 Å². The Hall–Kier alpha value is 2.34. The van der Waals surface area contributed by atoms with Crippen molar-refractivity contribution >= 4 is 0 Å². The first-order valence-electron chi connectivity index (χ1n) is 0. The van der Waals surface area contributed by atoms with Crippen LogP contribution in [0.1, 0.15) is 0 Å². The summed E-state index contributed by atoms with van der Waals surface area (Å²) in [6.45, 7) is 0. The molecule has 0 nitrogen and oxygen atoms in total.